The second-order valence-corrected chi connectivity index (χ2v) is 8.67. The number of piperidine rings is 1. The van der Waals surface area contributed by atoms with Crippen LogP contribution in [0.25, 0.3) is 0 Å². The zero-order valence-corrected chi connectivity index (χ0v) is 15.5. The van der Waals surface area contributed by atoms with Crippen LogP contribution in [0.5, 0.6) is 0 Å². The van der Waals surface area contributed by atoms with Crippen molar-refractivity contribution < 1.29 is 19.2 Å². The van der Waals surface area contributed by atoms with Crippen LogP contribution in [0, 0.1) is 0 Å². The molecule has 7 heteroatoms. The van der Waals surface area contributed by atoms with Gasteiger partial charge in [-0.3, -0.25) is 0 Å². The number of rotatable bonds is 2. The lowest BCUT2D eigenvalue weighted by Crippen LogP contribution is -2.52. The number of aromatic nitrogens is 2. The van der Waals surface area contributed by atoms with Crippen LogP contribution in [0.1, 0.15) is 66.1 Å². The van der Waals surface area contributed by atoms with Gasteiger partial charge in [0.05, 0.1) is 18.6 Å². The molecule has 1 atom stereocenters. The largest absolute Gasteiger partial charge is 0.444 e. The fraction of sp³-hybridized carbons (Fsp3) is 0.824. The molecule has 1 aromatic rings. The fourth-order valence-corrected chi connectivity index (χ4v) is 2.65. The quantitative estimate of drug-likeness (QED) is 0.891. The molecule has 0 aliphatic carbocycles. The SMILES string of the molecule is CC(C)(C)OC(=O)N1CCCC(O)(Cc2nc(C(C)(C)C)no2)C1. The Morgan fingerprint density at radius 3 is 2.54 bits per heavy atom. The minimum Gasteiger partial charge on any atom is -0.444 e. The van der Waals surface area contributed by atoms with Crippen LogP contribution < -0.4 is 0 Å². The maximum Gasteiger partial charge on any atom is 0.410 e. The molecule has 1 aromatic heterocycles. The average Bonchev–Trinajstić information content (AvgIpc) is 2.84. The highest BCUT2D eigenvalue weighted by molar-refractivity contribution is 5.68. The van der Waals surface area contributed by atoms with Gasteiger partial charge in [0.2, 0.25) is 5.89 Å². The second-order valence-electron chi connectivity index (χ2n) is 8.67. The molecule has 1 fully saturated rings. The molecule has 1 saturated heterocycles. The monoisotopic (exact) mass is 339 g/mol. The molecule has 2 rings (SSSR count). The highest BCUT2D eigenvalue weighted by Gasteiger charge is 2.38. The number of likely N-dealkylation sites (tertiary alicyclic amines) is 1. The van der Waals surface area contributed by atoms with E-state index in [0.29, 0.717) is 31.1 Å². The molecular formula is C17H29N3O4. The lowest BCUT2D eigenvalue weighted by molar-refractivity contribution is -0.0458. The average molecular weight is 339 g/mol. The molecule has 1 aliphatic heterocycles. The van der Waals surface area contributed by atoms with Crippen molar-refractivity contribution in [1.82, 2.24) is 15.0 Å². The van der Waals surface area contributed by atoms with Gasteiger partial charge < -0.3 is 19.3 Å². The number of amides is 1. The molecule has 1 unspecified atom stereocenters. The number of aliphatic hydroxyl groups is 1. The molecule has 0 bridgehead atoms. The van der Waals surface area contributed by atoms with Crippen LogP contribution >= 0.6 is 0 Å². The Morgan fingerprint density at radius 2 is 2.00 bits per heavy atom. The van der Waals surface area contributed by atoms with Crippen LogP contribution in [0.4, 0.5) is 4.79 Å². The van der Waals surface area contributed by atoms with Gasteiger partial charge in [0, 0.05) is 12.0 Å². The lowest BCUT2D eigenvalue weighted by atomic mass is 9.89. The highest BCUT2D eigenvalue weighted by atomic mass is 16.6. The van der Waals surface area contributed by atoms with Crippen molar-refractivity contribution in [2.75, 3.05) is 13.1 Å². The third-order valence-corrected chi connectivity index (χ3v) is 3.83. The first-order chi connectivity index (χ1) is 10.9. The van der Waals surface area contributed by atoms with E-state index in [1.807, 2.05) is 41.5 Å². The molecule has 0 aromatic carbocycles. The molecule has 0 saturated carbocycles. The van der Waals surface area contributed by atoms with E-state index >= 15 is 0 Å². The molecule has 0 spiro atoms. The van der Waals surface area contributed by atoms with Gasteiger partial charge in [0.25, 0.3) is 0 Å². The predicted octanol–water partition coefficient (Wildman–Crippen LogP) is 2.67. The maximum atomic E-state index is 12.2. The number of nitrogens with zero attached hydrogens (tertiary/aromatic N) is 3. The molecule has 1 amide bonds. The number of carbonyl (C=O) groups excluding carboxylic acids is 1. The number of carbonyl (C=O) groups is 1. The summed E-state index contributed by atoms with van der Waals surface area (Å²) < 4.78 is 10.7. The normalized spacial score (nSPS) is 22.5. The first-order valence-electron chi connectivity index (χ1n) is 8.41. The summed E-state index contributed by atoms with van der Waals surface area (Å²) in [5.41, 5.74) is -1.84. The van der Waals surface area contributed by atoms with Crippen LogP contribution in [0.3, 0.4) is 0 Å². The Bertz CT molecular complexity index is 585. The van der Waals surface area contributed by atoms with Crippen molar-refractivity contribution in [3.05, 3.63) is 11.7 Å². The summed E-state index contributed by atoms with van der Waals surface area (Å²) in [4.78, 5) is 18.2. The number of hydrogen-bond acceptors (Lipinski definition) is 6. The minimum absolute atomic E-state index is 0.204. The maximum absolute atomic E-state index is 12.2. The van der Waals surface area contributed by atoms with Gasteiger partial charge in [0.15, 0.2) is 5.82 Å². The Kier molecular flexibility index (Phi) is 4.95. The Hall–Kier alpha value is -1.63. The van der Waals surface area contributed by atoms with Gasteiger partial charge in [0.1, 0.15) is 5.60 Å². The van der Waals surface area contributed by atoms with Crippen LogP contribution in [-0.4, -0.2) is 50.5 Å². The van der Waals surface area contributed by atoms with Gasteiger partial charge >= 0.3 is 6.09 Å². The van der Waals surface area contributed by atoms with Gasteiger partial charge in [-0.05, 0) is 33.6 Å². The third-order valence-electron chi connectivity index (χ3n) is 3.83. The fourth-order valence-electron chi connectivity index (χ4n) is 2.65. The van der Waals surface area contributed by atoms with E-state index in [2.05, 4.69) is 10.1 Å². The minimum atomic E-state index is -1.07. The van der Waals surface area contributed by atoms with Crippen LogP contribution in [0.15, 0.2) is 4.52 Å². The van der Waals surface area contributed by atoms with E-state index in [1.165, 1.54) is 0 Å². The highest BCUT2D eigenvalue weighted by Crippen LogP contribution is 2.27. The van der Waals surface area contributed by atoms with Gasteiger partial charge in [-0.2, -0.15) is 4.98 Å². The van der Waals surface area contributed by atoms with E-state index in [9.17, 15) is 9.90 Å². The third kappa shape index (κ3) is 4.93. The topological polar surface area (TPSA) is 88.7 Å². The Morgan fingerprint density at radius 1 is 1.33 bits per heavy atom. The lowest BCUT2D eigenvalue weighted by Gasteiger charge is -2.39. The zero-order chi connectivity index (χ0) is 18.2. The molecule has 2 heterocycles. The van der Waals surface area contributed by atoms with Gasteiger partial charge in [-0.25, -0.2) is 4.79 Å². The number of ether oxygens (including phenoxy) is 1. The molecule has 24 heavy (non-hydrogen) atoms. The second kappa shape index (κ2) is 6.35. The molecular weight excluding hydrogens is 310 g/mol. The molecule has 7 nitrogen and oxygen atoms in total. The summed E-state index contributed by atoms with van der Waals surface area (Å²) in [6, 6.07) is 0. The summed E-state index contributed by atoms with van der Waals surface area (Å²) in [6.45, 7) is 12.3. The van der Waals surface area contributed by atoms with E-state index in [-0.39, 0.29) is 18.4 Å². The van der Waals surface area contributed by atoms with Gasteiger partial charge in [-0.15, -0.1) is 0 Å². The summed E-state index contributed by atoms with van der Waals surface area (Å²) in [6.07, 6.45) is 1.12. The summed E-state index contributed by atoms with van der Waals surface area (Å²) in [7, 11) is 0. The van der Waals surface area contributed by atoms with E-state index in [4.69, 9.17) is 9.26 Å². The van der Waals surface area contributed by atoms with Crippen molar-refractivity contribution in [2.45, 2.75) is 77.4 Å². The van der Waals surface area contributed by atoms with Crippen molar-refractivity contribution in [3.63, 3.8) is 0 Å². The summed E-state index contributed by atoms with van der Waals surface area (Å²) in [5, 5.41) is 14.9. The number of β-amino-alcohol motifs (C(OH)–C–C–N with tert-alkyl or cyclic N) is 1. The van der Waals surface area contributed by atoms with Crippen molar-refractivity contribution in [2.24, 2.45) is 0 Å². The molecule has 1 aliphatic rings. The molecule has 1 N–H and O–H groups in total. The Labute approximate surface area is 143 Å². The van der Waals surface area contributed by atoms with E-state index in [0.717, 1.165) is 0 Å². The van der Waals surface area contributed by atoms with E-state index in [1.54, 1.807) is 4.90 Å². The predicted molar refractivity (Wildman–Crippen MR) is 88.7 cm³/mol. The standard InChI is InChI=1S/C17H29N3O4/c1-15(2,3)13-18-12(24-19-13)10-17(22)8-7-9-20(11-17)14(21)23-16(4,5)6/h22H,7-11H2,1-6H3. The first-order valence-corrected chi connectivity index (χ1v) is 8.41. The summed E-state index contributed by atoms with van der Waals surface area (Å²) >= 11 is 0. The first kappa shape index (κ1) is 18.7. The Balaban J connectivity index is 2.04. The molecule has 0 radical (unpaired) electrons. The van der Waals surface area contributed by atoms with E-state index < -0.39 is 17.3 Å². The smallest absolute Gasteiger partial charge is 0.410 e. The zero-order valence-electron chi connectivity index (χ0n) is 15.5. The summed E-state index contributed by atoms with van der Waals surface area (Å²) in [5.74, 6) is 1.01. The molecule has 136 valence electrons. The van der Waals surface area contributed by atoms with Crippen LogP contribution in [-0.2, 0) is 16.6 Å². The van der Waals surface area contributed by atoms with Crippen molar-refractivity contribution in [3.8, 4) is 0 Å². The van der Waals surface area contributed by atoms with Crippen LogP contribution in [0.2, 0.25) is 0 Å². The number of hydrogen-bond donors (Lipinski definition) is 1. The van der Waals surface area contributed by atoms with Crippen molar-refractivity contribution >= 4 is 6.09 Å². The van der Waals surface area contributed by atoms with Crippen molar-refractivity contribution in [1.29, 1.82) is 0 Å². The van der Waals surface area contributed by atoms with Gasteiger partial charge in [-0.1, -0.05) is 25.9 Å².